The van der Waals surface area contributed by atoms with Crippen LogP contribution in [0.1, 0.15) is 13.3 Å². The number of ether oxygens (including phenoxy) is 1. The summed E-state index contributed by atoms with van der Waals surface area (Å²) in [6, 6.07) is 8.80. The lowest BCUT2D eigenvalue weighted by atomic mass is 10.2. The van der Waals surface area contributed by atoms with E-state index < -0.39 is 6.10 Å². The average molecular weight is 265 g/mol. The van der Waals surface area contributed by atoms with Crippen molar-refractivity contribution in [2.45, 2.75) is 25.5 Å². The molecular formula is C13H15NO3S. The Balaban J connectivity index is 1.87. The van der Waals surface area contributed by atoms with Crippen LogP contribution in [0.5, 0.6) is 5.75 Å². The van der Waals surface area contributed by atoms with Gasteiger partial charge in [-0.05, 0) is 25.5 Å². The lowest BCUT2D eigenvalue weighted by molar-refractivity contribution is -0.129. The van der Waals surface area contributed by atoms with Crippen LogP contribution in [0.2, 0.25) is 0 Å². The van der Waals surface area contributed by atoms with E-state index in [9.17, 15) is 9.59 Å². The first-order chi connectivity index (χ1) is 8.66. The summed E-state index contributed by atoms with van der Waals surface area (Å²) >= 11 is 1.27. The molecule has 0 spiro atoms. The van der Waals surface area contributed by atoms with Gasteiger partial charge in [0.25, 0.3) is 5.91 Å². The molecule has 0 unspecified atom stereocenters. The predicted molar refractivity (Wildman–Crippen MR) is 70.5 cm³/mol. The van der Waals surface area contributed by atoms with E-state index in [4.69, 9.17) is 4.74 Å². The van der Waals surface area contributed by atoms with Crippen molar-refractivity contribution in [3.8, 4) is 5.75 Å². The highest BCUT2D eigenvalue weighted by molar-refractivity contribution is 8.14. The van der Waals surface area contributed by atoms with Crippen molar-refractivity contribution in [3.05, 3.63) is 30.3 Å². The third-order valence-electron chi connectivity index (χ3n) is 2.68. The molecule has 1 N–H and O–H groups in total. The Bertz CT molecular complexity index is 435. The minimum absolute atomic E-state index is 0.0373. The van der Waals surface area contributed by atoms with E-state index in [1.165, 1.54) is 11.8 Å². The van der Waals surface area contributed by atoms with Crippen molar-refractivity contribution in [3.63, 3.8) is 0 Å². The number of para-hydroxylation sites is 1. The number of hydrogen-bond acceptors (Lipinski definition) is 4. The summed E-state index contributed by atoms with van der Waals surface area (Å²) in [7, 11) is 0. The van der Waals surface area contributed by atoms with Crippen LogP contribution in [0.25, 0.3) is 0 Å². The highest BCUT2D eigenvalue weighted by Crippen LogP contribution is 2.19. The topological polar surface area (TPSA) is 55.4 Å². The fourth-order valence-electron chi connectivity index (χ4n) is 1.67. The number of carbonyl (C=O) groups is 2. The van der Waals surface area contributed by atoms with Crippen molar-refractivity contribution in [1.29, 1.82) is 0 Å². The number of hydrogen-bond donors (Lipinski definition) is 1. The number of rotatable bonds is 4. The van der Waals surface area contributed by atoms with Crippen molar-refractivity contribution in [2.24, 2.45) is 0 Å². The largest absolute Gasteiger partial charge is 0.481 e. The highest BCUT2D eigenvalue weighted by atomic mass is 32.2. The van der Waals surface area contributed by atoms with Gasteiger partial charge >= 0.3 is 0 Å². The fourth-order valence-corrected chi connectivity index (χ4v) is 2.61. The van der Waals surface area contributed by atoms with E-state index in [1.807, 2.05) is 18.2 Å². The molecule has 1 aromatic rings. The molecule has 1 aromatic carbocycles. The van der Waals surface area contributed by atoms with Gasteiger partial charge in [0.1, 0.15) is 5.75 Å². The second kappa shape index (κ2) is 5.91. The molecule has 96 valence electrons. The maximum Gasteiger partial charge on any atom is 0.261 e. The molecular weight excluding hydrogens is 250 g/mol. The van der Waals surface area contributed by atoms with Crippen molar-refractivity contribution in [2.75, 3.05) is 5.75 Å². The smallest absolute Gasteiger partial charge is 0.261 e. The summed E-state index contributed by atoms with van der Waals surface area (Å²) in [5.41, 5.74) is 0. The Kier molecular flexibility index (Phi) is 4.25. The fraction of sp³-hybridized carbons (Fsp3) is 0.385. The van der Waals surface area contributed by atoms with Gasteiger partial charge in [-0.2, -0.15) is 0 Å². The highest BCUT2D eigenvalue weighted by Gasteiger charge is 2.28. The van der Waals surface area contributed by atoms with Crippen LogP contribution in [-0.4, -0.2) is 28.9 Å². The average Bonchev–Trinajstić information content (AvgIpc) is 2.76. The molecule has 4 nitrogen and oxygen atoms in total. The second-order valence-corrected chi connectivity index (χ2v) is 5.19. The standard InChI is InChI=1S/C13H15NO3S/c1-9(17-10-5-3-2-4-6-10)12(15)14-11-7-8-18-13(11)16/h2-6,9,11H,7-8H2,1H3,(H,14,15)/t9-,11-/m0/s1. The molecule has 1 heterocycles. The van der Waals surface area contributed by atoms with Crippen LogP contribution in [0, 0.1) is 0 Å². The molecule has 2 rings (SSSR count). The summed E-state index contributed by atoms with van der Waals surface area (Å²) in [6.07, 6.45) is 0.0959. The third kappa shape index (κ3) is 3.26. The van der Waals surface area contributed by atoms with Crippen LogP contribution in [0.4, 0.5) is 0 Å². The lowest BCUT2D eigenvalue weighted by Crippen LogP contribution is -2.44. The molecule has 0 aliphatic carbocycles. The monoisotopic (exact) mass is 265 g/mol. The van der Waals surface area contributed by atoms with E-state index in [-0.39, 0.29) is 17.1 Å². The molecule has 0 saturated carbocycles. The molecule has 1 aliphatic heterocycles. The molecule has 2 atom stereocenters. The van der Waals surface area contributed by atoms with Gasteiger partial charge in [0, 0.05) is 5.75 Å². The lowest BCUT2D eigenvalue weighted by Gasteiger charge is -2.16. The molecule has 1 amide bonds. The molecule has 18 heavy (non-hydrogen) atoms. The minimum atomic E-state index is -0.606. The Morgan fingerprint density at radius 1 is 1.44 bits per heavy atom. The molecule has 5 heteroatoms. The van der Waals surface area contributed by atoms with E-state index >= 15 is 0 Å². The number of amides is 1. The summed E-state index contributed by atoms with van der Waals surface area (Å²) in [4.78, 5) is 23.2. The van der Waals surface area contributed by atoms with Crippen LogP contribution < -0.4 is 10.1 Å². The normalized spacial score (nSPS) is 20.5. The van der Waals surface area contributed by atoms with Gasteiger partial charge in [-0.1, -0.05) is 30.0 Å². The third-order valence-corrected chi connectivity index (χ3v) is 3.69. The Morgan fingerprint density at radius 3 is 2.78 bits per heavy atom. The second-order valence-electron chi connectivity index (χ2n) is 4.09. The van der Waals surface area contributed by atoms with Crippen LogP contribution in [-0.2, 0) is 9.59 Å². The van der Waals surface area contributed by atoms with Crippen LogP contribution in [0.15, 0.2) is 30.3 Å². The first kappa shape index (κ1) is 13.0. The van der Waals surface area contributed by atoms with E-state index in [0.29, 0.717) is 12.2 Å². The van der Waals surface area contributed by atoms with Crippen molar-refractivity contribution < 1.29 is 14.3 Å². The molecule has 1 fully saturated rings. The number of benzene rings is 1. The number of carbonyl (C=O) groups excluding carboxylic acids is 2. The van der Waals surface area contributed by atoms with E-state index in [1.54, 1.807) is 19.1 Å². The summed E-state index contributed by atoms with van der Waals surface area (Å²) in [5.74, 6) is 1.17. The van der Waals surface area contributed by atoms with Crippen molar-refractivity contribution in [1.82, 2.24) is 5.32 Å². The molecule has 0 aromatic heterocycles. The molecule has 1 saturated heterocycles. The Hall–Kier alpha value is -1.49. The zero-order valence-corrected chi connectivity index (χ0v) is 10.9. The van der Waals surface area contributed by atoms with Gasteiger partial charge in [-0.25, -0.2) is 0 Å². The Labute approximate surface area is 110 Å². The van der Waals surface area contributed by atoms with Crippen LogP contribution in [0.3, 0.4) is 0 Å². The zero-order chi connectivity index (χ0) is 13.0. The van der Waals surface area contributed by atoms with E-state index in [2.05, 4.69) is 5.32 Å². The van der Waals surface area contributed by atoms with E-state index in [0.717, 1.165) is 5.75 Å². The predicted octanol–water partition coefficient (Wildman–Crippen LogP) is 1.60. The summed E-state index contributed by atoms with van der Waals surface area (Å²) in [6.45, 7) is 1.68. The maximum atomic E-state index is 11.9. The maximum absolute atomic E-state index is 11.9. The zero-order valence-electron chi connectivity index (χ0n) is 10.1. The van der Waals surface area contributed by atoms with Gasteiger partial charge in [0.2, 0.25) is 5.12 Å². The molecule has 0 bridgehead atoms. The molecule has 0 radical (unpaired) electrons. The quantitative estimate of drug-likeness (QED) is 0.898. The first-order valence-electron chi connectivity index (χ1n) is 5.85. The van der Waals surface area contributed by atoms with Crippen molar-refractivity contribution >= 4 is 22.8 Å². The van der Waals surface area contributed by atoms with Gasteiger partial charge in [0.15, 0.2) is 6.10 Å². The Morgan fingerprint density at radius 2 is 2.17 bits per heavy atom. The summed E-state index contributed by atoms with van der Waals surface area (Å²) < 4.78 is 5.49. The molecule has 1 aliphatic rings. The summed E-state index contributed by atoms with van der Waals surface area (Å²) in [5, 5.41) is 2.75. The first-order valence-corrected chi connectivity index (χ1v) is 6.84. The number of thioether (sulfide) groups is 1. The van der Waals surface area contributed by atoms with Gasteiger partial charge in [0.05, 0.1) is 6.04 Å². The van der Waals surface area contributed by atoms with Gasteiger partial charge in [-0.3, -0.25) is 9.59 Å². The van der Waals surface area contributed by atoms with Gasteiger partial charge in [-0.15, -0.1) is 0 Å². The minimum Gasteiger partial charge on any atom is -0.481 e. The number of nitrogens with one attached hydrogen (secondary N) is 1. The SMILES string of the molecule is C[C@H](Oc1ccccc1)C(=O)N[C@H]1CCSC1=O. The van der Waals surface area contributed by atoms with Crippen LogP contribution >= 0.6 is 11.8 Å². The van der Waals surface area contributed by atoms with Gasteiger partial charge < -0.3 is 10.1 Å².